The predicted octanol–water partition coefficient (Wildman–Crippen LogP) is 1.35. The lowest BCUT2D eigenvalue weighted by molar-refractivity contribution is -0.0914. The highest BCUT2D eigenvalue weighted by Crippen LogP contribution is 2.23. The van der Waals surface area contributed by atoms with Crippen LogP contribution in [0.3, 0.4) is 0 Å². The van der Waals surface area contributed by atoms with Gasteiger partial charge in [-0.05, 0) is 18.5 Å². The number of aromatic nitrogens is 4. The van der Waals surface area contributed by atoms with E-state index in [0.717, 1.165) is 11.1 Å². The molecule has 2 heterocycles. The molecule has 0 atom stereocenters. The van der Waals surface area contributed by atoms with Crippen LogP contribution in [-0.2, 0) is 9.47 Å². The molecule has 98 valence electrons. The van der Waals surface area contributed by atoms with Crippen molar-refractivity contribution >= 4 is 28.5 Å². The van der Waals surface area contributed by atoms with Gasteiger partial charge in [0.25, 0.3) is 0 Å². The number of ether oxygens (including phenoxy) is 2. The number of H-pyrrole nitrogens is 1. The monoisotopic (exact) mass is 271 g/mol. The number of hydrogen-bond donors (Lipinski definition) is 2. The number of rotatable bonds is 5. The average Bonchev–Trinajstić information content (AvgIpc) is 2.72. The second-order valence-electron chi connectivity index (χ2n) is 3.67. The van der Waals surface area contributed by atoms with E-state index >= 15 is 0 Å². The molecule has 7 nitrogen and oxygen atoms in total. The van der Waals surface area contributed by atoms with Crippen molar-refractivity contribution in [3.8, 4) is 0 Å². The normalized spacial score (nSPS) is 11.4. The summed E-state index contributed by atoms with van der Waals surface area (Å²) in [7, 11) is 3.14. The fourth-order valence-corrected chi connectivity index (χ4v) is 1.78. The zero-order chi connectivity index (χ0) is 13.1. The Morgan fingerprint density at radius 3 is 2.72 bits per heavy atom. The number of halogens is 1. The van der Waals surface area contributed by atoms with Gasteiger partial charge in [0.15, 0.2) is 11.9 Å². The van der Waals surface area contributed by atoms with Crippen LogP contribution in [0, 0.1) is 6.92 Å². The van der Waals surface area contributed by atoms with Crippen LogP contribution >= 0.6 is 11.6 Å². The van der Waals surface area contributed by atoms with Crippen molar-refractivity contribution in [3.63, 3.8) is 0 Å². The van der Waals surface area contributed by atoms with Crippen molar-refractivity contribution < 1.29 is 9.47 Å². The third kappa shape index (κ3) is 2.53. The molecule has 0 aliphatic rings. The summed E-state index contributed by atoms with van der Waals surface area (Å²) in [5, 5.41) is 11.0. The molecule has 0 aromatic carbocycles. The first-order valence-electron chi connectivity index (χ1n) is 5.33. The Hall–Kier alpha value is -1.44. The average molecular weight is 272 g/mol. The topological polar surface area (TPSA) is 85.0 Å². The zero-order valence-corrected chi connectivity index (χ0v) is 11.1. The maximum atomic E-state index is 5.84. The molecule has 0 radical (unpaired) electrons. The highest BCUT2D eigenvalue weighted by Gasteiger charge is 2.13. The molecule has 8 heteroatoms. The number of aromatic amines is 1. The van der Waals surface area contributed by atoms with Crippen molar-refractivity contribution in [1.29, 1.82) is 0 Å². The minimum absolute atomic E-state index is 0.142. The summed E-state index contributed by atoms with van der Waals surface area (Å²) in [6.07, 6.45) is -0.360. The molecule has 0 fully saturated rings. The molecule has 0 aliphatic carbocycles. The van der Waals surface area contributed by atoms with Crippen LogP contribution in [0.25, 0.3) is 11.0 Å². The number of fused-ring (bicyclic) bond motifs is 1. The van der Waals surface area contributed by atoms with Crippen LogP contribution in [-0.4, -0.2) is 47.2 Å². The predicted molar refractivity (Wildman–Crippen MR) is 67.7 cm³/mol. The van der Waals surface area contributed by atoms with Crippen LogP contribution in [0.5, 0.6) is 0 Å². The summed E-state index contributed by atoms with van der Waals surface area (Å²) in [5.74, 6) is 0.607. The summed E-state index contributed by atoms with van der Waals surface area (Å²) in [6.45, 7) is 2.34. The summed E-state index contributed by atoms with van der Waals surface area (Å²) in [5.41, 5.74) is 1.40. The molecule has 2 aromatic heterocycles. The van der Waals surface area contributed by atoms with Gasteiger partial charge in [-0.2, -0.15) is 15.1 Å². The molecule has 0 spiro atoms. The number of aryl methyl sites for hydroxylation is 1. The Labute approximate surface area is 109 Å². The van der Waals surface area contributed by atoms with Crippen molar-refractivity contribution in [3.05, 3.63) is 11.0 Å². The fraction of sp³-hybridized carbons (Fsp3) is 0.500. The molecule has 2 rings (SSSR count). The molecule has 0 amide bonds. The molecule has 0 bridgehead atoms. The van der Waals surface area contributed by atoms with E-state index in [1.165, 1.54) is 0 Å². The Balaban J connectivity index is 2.29. The summed E-state index contributed by atoms with van der Waals surface area (Å²) in [6, 6.07) is 0. The van der Waals surface area contributed by atoms with Gasteiger partial charge in [0.1, 0.15) is 5.82 Å². The zero-order valence-electron chi connectivity index (χ0n) is 10.3. The Morgan fingerprint density at radius 1 is 1.33 bits per heavy atom. The molecular weight excluding hydrogens is 258 g/mol. The minimum atomic E-state index is -0.360. The lowest BCUT2D eigenvalue weighted by Crippen LogP contribution is -2.24. The van der Waals surface area contributed by atoms with Gasteiger partial charge in [-0.3, -0.25) is 5.10 Å². The van der Waals surface area contributed by atoms with Crippen LogP contribution in [0.1, 0.15) is 5.69 Å². The lowest BCUT2D eigenvalue weighted by Gasteiger charge is -2.14. The number of methoxy groups -OCH3 is 2. The van der Waals surface area contributed by atoms with Crippen molar-refractivity contribution in [2.24, 2.45) is 0 Å². The number of hydrogen-bond acceptors (Lipinski definition) is 6. The van der Waals surface area contributed by atoms with Crippen molar-refractivity contribution in [1.82, 2.24) is 20.2 Å². The van der Waals surface area contributed by atoms with Gasteiger partial charge in [0.2, 0.25) is 5.28 Å². The number of anilines is 1. The summed E-state index contributed by atoms with van der Waals surface area (Å²) in [4.78, 5) is 8.18. The quantitative estimate of drug-likeness (QED) is 0.631. The Morgan fingerprint density at radius 2 is 2.06 bits per heavy atom. The maximum absolute atomic E-state index is 5.84. The third-order valence-corrected chi connectivity index (χ3v) is 2.70. The molecule has 0 saturated heterocycles. The molecule has 0 aliphatic heterocycles. The first kappa shape index (κ1) is 13.0. The summed E-state index contributed by atoms with van der Waals surface area (Å²) >= 11 is 5.84. The number of nitrogens with zero attached hydrogens (tertiary/aromatic N) is 3. The lowest BCUT2D eigenvalue weighted by atomic mass is 10.3. The molecule has 0 saturated carbocycles. The van der Waals surface area contributed by atoms with Gasteiger partial charge in [-0.15, -0.1) is 0 Å². The van der Waals surface area contributed by atoms with Crippen LogP contribution in [0.4, 0.5) is 5.82 Å². The van der Waals surface area contributed by atoms with Gasteiger partial charge in [0.05, 0.1) is 11.9 Å². The van der Waals surface area contributed by atoms with Gasteiger partial charge < -0.3 is 14.8 Å². The van der Waals surface area contributed by atoms with Crippen LogP contribution < -0.4 is 5.32 Å². The second-order valence-corrected chi connectivity index (χ2v) is 4.01. The van der Waals surface area contributed by atoms with E-state index in [-0.39, 0.29) is 11.6 Å². The molecule has 2 N–H and O–H groups in total. The Bertz CT molecular complexity index is 540. The van der Waals surface area contributed by atoms with E-state index in [1.807, 2.05) is 6.92 Å². The van der Waals surface area contributed by atoms with Crippen LogP contribution in [0.2, 0.25) is 5.28 Å². The third-order valence-electron chi connectivity index (χ3n) is 2.53. The van der Waals surface area contributed by atoms with E-state index in [1.54, 1.807) is 14.2 Å². The molecule has 2 aromatic rings. The first-order valence-corrected chi connectivity index (χ1v) is 5.71. The largest absolute Gasteiger partial charge is 0.364 e. The molecular formula is C10H14ClN5O2. The van der Waals surface area contributed by atoms with E-state index in [9.17, 15) is 0 Å². The fourth-order valence-electron chi connectivity index (χ4n) is 1.61. The highest BCUT2D eigenvalue weighted by molar-refractivity contribution is 6.28. The van der Waals surface area contributed by atoms with Crippen molar-refractivity contribution in [2.75, 3.05) is 26.1 Å². The number of nitrogens with one attached hydrogen (secondary N) is 2. The van der Waals surface area contributed by atoms with Gasteiger partial charge in [0, 0.05) is 19.9 Å². The van der Waals surface area contributed by atoms with E-state index in [4.69, 9.17) is 21.1 Å². The smallest absolute Gasteiger partial charge is 0.226 e. The highest BCUT2D eigenvalue weighted by atomic mass is 35.5. The summed E-state index contributed by atoms with van der Waals surface area (Å²) < 4.78 is 10.2. The molecule has 0 unspecified atom stereocenters. The first-order chi connectivity index (χ1) is 8.65. The second kappa shape index (κ2) is 5.47. The van der Waals surface area contributed by atoms with E-state index < -0.39 is 0 Å². The minimum Gasteiger partial charge on any atom is -0.364 e. The van der Waals surface area contributed by atoms with E-state index in [0.29, 0.717) is 18.0 Å². The van der Waals surface area contributed by atoms with Crippen molar-refractivity contribution in [2.45, 2.75) is 13.2 Å². The standard InChI is InChI=1S/C10H14ClN5O2/c1-5-7-8(12-4-6(17-2)18-3)13-10(11)14-9(7)16-15-5/h6H,4H2,1-3H3,(H2,12,13,14,15,16). The van der Waals surface area contributed by atoms with Gasteiger partial charge in [-0.1, -0.05) is 0 Å². The van der Waals surface area contributed by atoms with Gasteiger partial charge >= 0.3 is 0 Å². The SMILES string of the molecule is COC(CNc1nc(Cl)nc2n[nH]c(C)c12)OC. The van der Waals surface area contributed by atoms with Crippen LogP contribution in [0.15, 0.2) is 0 Å². The van der Waals surface area contributed by atoms with E-state index in [2.05, 4.69) is 25.5 Å². The maximum Gasteiger partial charge on any atom is 0.226 e. The molecule has 18 heavy (non-hydrogen) atoms. The van der Waals surface area contributed by atoms with Gasteiger partial charge in [-0.25, -0.2) is 0 Å². The Kier molecular flexibility index (Phi) is 3.95.